The average Bonchev–Trinajstić information content (AvgIpc) is 3.58. The van der Waals surface area contributed by atoms with E-state index in [1.807, 2.05) is 34.8 Å². The normalized spacial score (nSPS) is 11.5. The molecule has 3 heteroatoms. The third-order valence-corrected chi connectivity index (χ3v) is 10.0. The highest BCUT2D eigenvalue weighted by molar-refractivity contribution is 7.26. The van der Waals surface area contributed by atoms with Crippen LogP contribution in [0.15, 0.2) is 127 Å². The summed E-state index contributed by atoms with van der Waals surface area (Å²) in [4.78, 5) is 0. The topological polar surface area (TPSA) is 23.8 Å². The van der Waals surface area contributed by atoms with Gasteiger partial charge in [-0.25, -0.2) is 0 Å². The maximum atomic E-state index is 10.3. The van der Waals surface area contributed by atoms with Gasteiger partial charge in [0.2, 0.25) is 0 Å². The molecular formula is C37H21NS2. The van der Waals surface area contributed by atoms with Crippen molar-refractivity contribution in [1.82, 2.24) is 0 Å². The van der Waals surface area contributed by atoms with Gasteiger partial charge in [-0.05, 0) is 70.3 Å². The minimum Gasteiger partial charge on any atom is -0.192 e. The van der Waals surface area contributed by atoms with Gasteiger partial charge in [0.25, 0.3) is 0 Å². The Balaban J connectivity index is 1.44. The van der Waals surface area contributed by atoms with Crippen molar-refractivity contribution in [3.63, 3.8) is 0 Å². The molecule has 0 spiro atoms. The van der Waals surface area contributed by atoms with Crippen molar-refractivity contribution in [3.8, 4) is 39.4 Å². The van der Waals surface area contributed by atoms with Gasteiger partial charge in [-0.2, -0.15) is 5.26 Å². The Morgan fingerprint density at radius 3 is 1.62 bits per heavy atom. The first-order chi connectivity index (χ1) is 19.8. The lowest BCUT2D eigenvalue weighted by molar-refractivity contribution is 1.47. The Hall–Kier alpha value is -4.75. The van der Waals surface area contributed by atoms with Gasteiger partial charge < -0.3 is 0 Å². The van der Waals surface area contributed by atoms with Crippen molar-refractivity contribution in [2.45, 2.75) is 0 Å². The van der Waals surface area contributed by atoms with Crippen molar-refractivity contribution >= 4 is 63.0 Å². The molecule has 1 nitrogen and oxygen atoms in total. The van der Waals surface area contributed by atoms with Gasteiger partial charge >= 0.3 is 0 Å². The van der Waals surface area contributed by atoms with Crippen molar-refractivity contribution in [3.05, 3.63) is 133 Å². The molecule has 186 valence electrons. The standard InChI is InChI=1S/C37H21NS2/c38-22-26-14-17-27(24-15-18-34-30(20-24)28-10-4-6-12-32(28)39-34)37(23-8-2-1-3-9-23)36(26)25-16-19-35-31(21-25)29-11-5-7-13-33(29)40-35/h1-21H. The largest absolute Gasteiger partial charge is 0.192 e. The van der Waals surface area contributed by atoms with Crippen LogP contribution >= 0.6 is 22.7 Å². The zero-order valence-corrected chi connectivity index (χ0v) is 23.0. The monoisotopic (exact) mass is 543 g/mol. The predicted molar refractivity (Wildman–Crippen MR) is 173 cm³/mol. The van der Waals surface area contributed by atoms with Gasteiger partial charge in [-0.3, -0.25) is 0 Å². The van der Waals surface area contributed by atoms with Crippen LogP contribution in [0.5, 0.6) is 0 Å². The minimum absolute atomic E-state index is 0.684. The molecule has 2 heterocycles. The summed E-state index contributed by atoms with van der Waals surface area (Å²) in [7, 11) is 0. The summed E-state index contributed by atoms with van der Waals surface area (Å²) in [5.74, 6) is 0. The Labute approximate surface area is 239 Å². The number of rotatable bonds is 3. The molecule has 0 aliphatic carbocycles. The highest BCUT2D eigenvalue weighted by atomic mass is 32.1. The molecular weight excluding hydrogens is 523 g/mol. The van der Waals surface area contributed by atoms with Crippen LogP contribution in [-0.4, -0.2) is 0 Å². The third-order valence-electron chi connectivity index (χ3n) is 7.74. The lowest BCUT2D eigenvalue weighted by Gasteiger charge is -2.18. The predicted octanol–water partition coefficient (Wildman–Crippen LogP) is 11.3. The number of benzene rings is 6. The molecule has 0 saturated heterocycles. The number of nitrogens with zero attached hydrogens (tertiary/aromatic N) is 1. The van der Waals surface area contributed by atoms with E-state index in [-0.39, 0.29) is 0 Å². The van der Waals surface area contributed by atoms with E-state index in [4.69, 9.17) is 0 Å². The number of fused-ring (bicyclic) bond motifs is 6. The second-order valence-electron chi connectivity index (χ2n) is 10.0. The van der Waals surface area contributed by atoms with Crippen molar-refractivity contribution in [2.75, 3.05) is 0 Å². The highest BCUT2D eigenvalue weighted by Gasteiger charge is 2.20. The molecule has 2 aromatic heterocycles. The fourth-order valence-corrected chi connectivity index (χ4v) is 8.09. The van der Waals surface area contributed by atoms with Gasteiger partial charge in [-0.1, -0.05) is 84.9 Å². The lowest BCUT2D eigenvalue weighted by atomic mass is 9.84. The number of thiophene rings is 2. The molecule has 0 amide bonds. The maximum absolute atomic E-state index is 10.3. The molecule has 0 saturated carbocycles. The van der Waals surface area contributed by atoms with E-state index in [1.54, 1.807) is 0 Å². The summed E-state index contributed by atoms with van der Waals surface area (Å²) in [6.45, 7) is 0. The average molecular weight is 544 g/mol. The quantitative estimate of drug-likeness (QED) is 0.217. The molecule has 8 aromatic rings. The van der Waals surface area contributed by atoms with Gasteiger partial charge in [0, 0.05) is 45.9 Å². The van der Waals surface area contributed by atoms with Gasteiger partial charge in [0.05, 0.1) is 11.6 Å². The minimum atomic E-state index is 0.684. The van der Waals surface area contributed by atoms with Crippen LogP contribution in [-0.2, 0) is 0 Å². The smallest absolute Gasteiger partial charge is 0.0998 e. The molecule has 0 atom stereocenters. The van der Waals surface area contributed by atoms with E-state index in [0.29, 0.717) is 5.56 Å². The summed E-state index contributed by atoms with van der Waals surface area (Å²) >= 11 is 3.65. The first-order valence-electron chi connectivity index (χ1n) is 13.2. The van der Waals surface area contributed by atoms with Crippen molar-refractivity contribution in [2.24, 2.45) is 0 Å². The summed E-state index contributed by atoms with van der Waals surface area (Å²) in [6.07, 6.45) is 0. The maximum Gasteiger partial charge on any atom is 0.0998 e. The van der Waals surface area contributed by atoms with Crippen molar-refractivity contribution in [1.29, 1.82) is 5.26 Å². The van der Waals surface area contributed by atoms with Crippen LogP contribution < -0.4 is 0 Å². The second-order valence-corrected chi connectivity index (χ2v) is 12.2. The van der Waals surface area contributed by atoms with E-state index >= 15 is 0 Å². The first-order valence-corrected chi connectivity index (χ1v) is 14.9. The van der Waals surface area contributed by atoms with Crippen LogP contribution in [0.25, 0.3) is 73.7 Å². The number of hydrogen-bond acceptors (Lipinski definition) is 3. The van der Waals surface area contributed by atoms with Crippen molar-refractivity contribution < 1.29 is 0 Å². The summed E-state index contributed by atoms with van der Waals surface area (Å²) in [5, 5.41) is 15.4. The number of hydrogen-bond donors (Lipinski definition) is 0. The van der Waals surface area contributed by atoms with E-state index in [2.05, 4.69) is 121 Å². The third kappa shape index (κ3) is 3.58. The fourth-order valence-electron chi connectivity index (χ4n) is 5.92. The zero-order valence-electron chi connectivity index (χ0n) is 21.4. The SMILES string of the molecule is N#Cc1ccc(-c2ccc3sc4ccccc4c3c2)c(-c2ccccc2)c1-c1ccc2sc3ccccc3c2c1. The van der Waals surface area contributed by atoms with Crippen LogP contribution in [0.4, 0.5) is 0 Å². The summed E-state index contributed by atoms with van der Waals surface area (Å²) in [6, 6.07) is 47.8. The zero-order chi connectivity index (χ0) is 26.6. The lowest BCUT2D eigenvalue weighted by Crippen LogP contribution is -1.94. The van der Waals surface area contributed by atoms with E-state index in [1.165, 1.54) is 40.3 Å². The molecule has 0 N–H and O–H groups in total. The van der Waals surface area contributed by atoms with E-state index in [0.717, 1.165) is 33.4 Å². The van der Waals surface area contributed by atoms with Crippen LogP contribution in [0, 0.1) is 11.3 Å². The Bertz CT molecular complexity index is 2280. The molecule has 6 aromatic carbocycles. The number of nitriles is 1. The van der Waals surface area contributed by atoms with E-state index in [9.17, 15) is 5.26 Å². The van der Waals surface area contributed by atoms with Gasteiger partial charge in [0.1, 0.15) is 0 Å². The first kappa shape index (κ1) is 23.2. The molecule has 0 radical (unpaired) electrons. The van der Waals surface area contributed by atoms with Crippen LogP contribution in [0.3, 0.4) is 0 Å². The van der Waals surface area contributed by atoms with Gasteiger partial charge in [-0.15, -0.1) is 22.7 Å². The molecule has 0 unspecified atom stereocenters. The molecule has 0 aliphatic rings. The Morgan fingerprint density at radius 1 is 0.425 bits per heavy atom. The molecule has 0 aliphatic heterocycles. The molecule has 0 bridgehead atoms. The second kappa shape index (κ2) is 9.17. The Kier molecular flexibility index (Phi) is 5.31. The van der Waals surface area contributed by atoms with Crippen LogP contribution in [0.1, 0.15) is 5.56 Å². The molecule has 40 heavy (non-hydrogen) atoms. The highest BCUT2D eigenvalue weighted by Crippen LogP contribution is 2.45. The summed E-state index contributed by atoms with van der Waals surface area (Å²) in [5.41, 5.74) is 7.22. The summed E-state index contributed by atoms with van der Waals surface area (Å²) < 4.78 is 5.13. The van der Waals surface area contributed by atoms with Crippen LogP contribution in [0.2, 0.25) is 0 Å². The molecule has 0 fully saturated rings. The van der Waals surface area contributed by atoms with Gasteiger partial charge in [0.15, 0.2) is 0 Å². The Morgan fingerprint density at radius 2 is 0.975 bits per heavy atom. The fraction of sp³-hybridized carbons (Fsp3) is 0. The van der Waals surface area contributed by atoms with E-state index < -0.39 is 0 Å². The molecule has 8 rings (SSSR count).